The van der Waals surface area contributed by atoms with E-state index in [9.17, 15) is 18.3 Å². The van der Waals surface area contributed by atoms with Crippen LogP contribution in [0.2, 0.25) is 0 Å². The van der Waals surface area contributed by atoms with Crippen LogP contribution in [0.25, 0.3) is 11.4 Å². The Morgan fingerprint density at radius 3 is 2.41 bits per heavy atom. The lowest BCUT2D eigenvalue weighted by Crippen LogP contribution is -2.49. The molecule has 0 spiro atoms. The molecule has 0 saturated carbocycles. The second-order valence-corrected chi connectivity index (χ2v) is 9.15. The van der Waals surface area contributed by atoms with Crippen LogP contribution in [-0.4, -0.2) is 39.0 Å². The standard InChI is InChI=1S/C24H22F3N3O4/c25-24(26,27)15-3-1-14(2-4-15)22-28-21(34-29-22)12-30-17-6-7-18(30)11-23(31,10-17)16-5-8-19-20(9-16)33-13-32-19/h1-5,8-9,17-18,31H,6-7,10-13H2/t17-,18-/m0/s1. The highest BCUT2D eigenvalue weighted by atomic mass is 19.4. The first-order valence-corrected chi connectivity index (χ1v) is 11.2. The lowest BCUT2D eigenvalue weighted by atomic mass is 9.80. The number of aromatic nitrogens is 2. The number of hydrogen-bond donors (Lipinski definition) is 1. The van der Waals surface area contributed by atoms with Crippen molar-refractivity contribution in [3.63, 3.8) is 0 Å². The third-order valence-corrected chi connectivity index (χ3v) is 7.08. The van der Waals surface area contributed by atoms with E-state index >= 15 is 0 Å². The van der Waals surface area contributed by atoms with Crippen molar-refractivity contribution in [3.05, 3.63) is 59.5 Å². The fourth-order valence-electron chi connectivity index (χ4n) is 5.40. The minimum Gasteiger partial charge on any atom is -0.454 e. The van der Waals surface area contributed by atoms with Crippen molar-refractivity contribution >= 4 is 0 Å². The van der Waals surface area contributed by atoms with Crippen molar-refractivity contribution in [1.29, 1.82) is 0 Å². The summed E-state index contributed by atoms with van der Waals surface area (Å²) in [7, 11) is 0. The summed E-state index contributed by atoms with van der Waals surface area (Å²) in [5.41, 5.74) is -0.388. The number of ether oxygens (including phenoxy) is 2. The van der Waals surface area contributed by atoms with Gasteiger partial charge in [0.25, 0.3) is 0 Å². The lowest BCUT2D eigenvalue weighted by molar-refractivity contribution is -0.137. The summed E-state index contributed by atoms with van der Waals surface area (Å²) in [6.07, 6.45) is -1.34. The van der Waals surface area contributed by atoms with Gasteiger partial charge in [-0.15, -0.1) is 0 Å². The first-order valence-electron chi connectivity index (χ1n) is 11.2. The van der Waals surface area contributed by atoms with Crippen molar-refractivity contribution < 1.29 is 32.3 Å². The number of piperidine rings is 1. The van der Waals surface area contributed by atoms with Gasteiger partial charge in [-0.3, -0.25) is 4.90 Å². The lowest BCUT2D eigenvalue weighted by Gasteiger charge is -2.43. The molecule has 2 fully saturated rings. The molecule has 0 unspecified atom stereocenters. The number of rotatable bonds is 4. The second kappa shape index (κ2) is 7.71. The summed E-state index contributed by atoms with van der Waals surface area (Å²) in [5.74, 6) is 2.00. The normalized spacial score (nSPS) is 26.2. The summed E-state index contributed by atoms with van der Waals surface area (Å²) >= 11 is 0. The van der Waals surface area contributed by atoms with Gasteiger partial charge in [0, 0.05) is 17.6 Å². The predicted octanol–water partition coefficient (Wildman–Crippen LogP) is 4.50. The van der Waals surface area contributed by atoms with Gasteiger partial charge in [0.15, 0.2) is 11.5 Å². The van der Waals surface area contributed by atoms with E-state index in [1.54, 1.807) is 0 Å². The first kappa shape index (κ1) is 21.4. The Morgan fingerprint density at radius 1 is 1.00 bits per heavy atom. The van der Waals surface area contributed by atoms with Crippen molar-refractivity contribution in [1.82, 2.24) is 15.0 Å². The maximum Gasteiger partial charge on any atom is 0.416 e. The summed E-state index contributed by atoms with van der Waals surface area (Å²) in [6, 6.07) is 10.6. The van der Waals surface area contributed by atoms with Gasteiger partial charge in [-0.1, -0.05) is 23.4 Å². The predicted molar refractivity (Wildman–Crippen MR) is 113 cm³/mol. The molecule has 7 nitrogen and oxygen atoms in total. The van der Waals surface area contributed by atoms with E-state index < -0.39 is 17.3 Å². The Balaban J connectivity index is 1.16. The number of hydrogen-bond acceptors (Lipinski definition) is 7. The minimum absolute atomic E-state index is 0.149. The second-order valence-electron chi connectivity index (χ2n) is 9.15. The molecule has 0 aliphatic carbocycles. The van der Waals surface area contributed by atoms with Gasteiger partial charge >= 0.3 is 6.18 Å². The van der Waals surface area contributed by atoms with Gasteiger partial charge in [-0.2, -0.15) is 18.2 Å². The highest BCUT2D eigenvalue weighted by molar-refractivity contribution is 5.54. The quantitative estimate of drug-likeness (QED) is 0.598. The Kier molecular flexibility index (Phi) is 4.86. The van der Waals surface area contributed by atoms with Gasteiger partial charge in [-0.25, -0.2) is 0 Å². The highest BCUT2D eigenvalue weighted by Gasteiger charge is 2.49. The molecule has 2 bridgehead atoms. The molecule has 4 heterocycles. The average molecular weight is 473 g/mol. The smallest absolute Gasteiger partial charge is 0.416 e. The van der Waals surface area contributed by atoms with Gasteiger partial charge in [0.05, 0.1) is 17.7 Å². The molecule has 2 atom stereocenters. The molecule has 178 valence electrons. The monoisotopic (exact) mass is 473 g/mol. The Hall–Kier alpha value is -3.11. The maximum atomic E-state index is 12.8. The first-order chi connectivity index (χ1) is 16.3. The SMILES string of the molecule is OC1(c2ccc3c(c2)OCO3)C[C@@H]2CC[C@@H](C1)N2Cc1nc(-c2ccc(C(F)(F)F)cc2)no1. The van der Waals surface area contributed by atoms with Crippen LogP contribution in [0, 0.1) is 0 Å². The zero-order valence-electron chi connectivity index (χ0n) is 18.1. The van der Waals surface area contributed by atoms with Crippen LogP contribution in [0.4, 0.5) is 13.2 Å². The topological polar surface area (TPSA) is 80.9 Å². The molecule has 0 amide bonds. The van der Waals surface area contributed by atoms with E-state index in [0.29, 0.717) is 42.3 Å². The molecular weight excluding hydrogens is 451 g/mol. The fourth-order valence-corrected chi connectivity index (χ4v) is 5.40. The van der Waals surface area contributed by atoms with Crippen LogP contribution in [0.5, 0.6) is 11.5 Å². The van der Waals surface area contributed by atoms with Gasteiger partial charge in [-0.05, 0) is 55.5 Å². The van der Waals surface area contributed by atoms with Gasteiger partial charge in [0.2, 0.25) is 18.5 Å². The molecule has 10 heteroatoms. The van der Waals surface area contributed by atoms with Crippen molar-refractivity contribution in [2.45, 2.75) is 56.1 Å². The van der Waals surface area contributed by atoms with E-state index in [1.807, 2.05) is 18.2 Å². The van der Waals surface area contributed by atoms with Crippen LogP contribution in [0.3, 0.4) is 0 Å². The van der Waals surface area contributed by atoms with Crippen LogP contribution in [-0.2, 0) is 18.3 Å². The summed E-state index contributed by atoms with van der Waals surface area (Å²) in [4.78, 5) is 6.69. The molecule has 3 aromatic rings. The number of halogens is 3. The molecule has 3 aliphatic rings. The third kappa shape index (κ3) is 3.70. The van der Waals surface area contributed by atoms with Crippen LogP contribution >= 0.6 is 0 Å². The number of benzene rings is 2. The molecule has 2 saturated heterocycles. The van der Waals surface area contributed by atoms with Crippen molar-refractivity contribution in [2.75, 3.05) is 6.79 Å². The van der Waals surface area contributed by atoms with Crippen molar-refractivity contribution in [3.8, 4) is 22.9 Å². The zero-order chi connectivity index (χ0) is 23.5. The van der Waals surface area contributed by atoms with Gasteiger partial charge in [0.1, 0.15) is 0 Å². The summed E-state index contributed by atoms with van der Waals surface area (Å²) < 4.78 is 54.7. The maximum absolute atomic E-state index is 12.8. The molecule has 6 rings (SSSR count). The van der Waals surface area contributed by atoms with E-state index in [1.165, 1.54) is 12.1 Å². The fraction of sp³-hybridized carbons (Fsp3) is 0.417. The van der Waals surface area contributed by atoms with Crippen LogP contribution < -0.4 is 9.47 Å². The number of aliphatic hydroxyl groups is 1. The molecule has 0 radical (unpaired) electrons. The van der Waals surface area contributed by atoms with Crippen molar-refractivity contribution in [2.24, 2.45) is 0 Å². The molecule has 3 aliphatic heterocycles. The van der Waals surface area contributed by atoms with E-state index in [0.717, 1.165) is 30.5 Å². The number of alkyl halides is 3. The van der Waals surface area contributed by atoms with Crippen LogP contribution in [0.15, 0.2) is 47.0 Å². The number of fused-ring (bicyclic) bond motifs is 3. The van der Waals surface area contributed by atoms with Gasteiger partial charge < -0.3 is 19.1 Å². The molecule has 1 aromatic heterocycles. The average Bonchev–Trinajstić information content (AvgIpc) is 3.52. The largest absolute Gasteiger partial charge is 0.454 e. The Bertz CT molecular complexity index is 1200. The summed E-state index contributed by atoms with van der Waals surface area (Å²) in [5, 5.41) is 15.5. The Morgan fingerprint density at radius 2 is 1.71 bits per heavy atom. The van der Waals surface area contributed by atoms with E-state index in [2.05, 4.69) is 15.0 Å². The molecule has 2 aromatic carbocycles. The molecule has 1 N–H and O–H groups in total. The highest BCUT2D eigenvalue weighted by Crippen LogP contribution is 2.48. The van der Waals surface area contributed by atoms with Crippen LogP contribution in [0.1, 0.15) is 42.7 Å². The Labute approximate surface area is 193 Å². The van der Waals surface area contributed by atoms with E-state index in [-0.39, 0.29) is 24.7 Å². The van der Waals surface area contributed by atoms with E-state index in [4.69, 9.17) is 14.0 Å². The third-order valence-electron chi connectivity index (χ3n) is 7.08. The zero-order valence-corrected chi connectivity index (χ0v) is 18.1. The minimum atomic E-state index is -4.39. The summed E-state index contributed by atoms with van der Waals surface area (Å²) in [6.45, 7) is 0.620. The molecule has 34 heavy (non-hydrogen) atoms. The number of nitrogens with zero attached hydrogens (tertiary/aromatic N) is 3. The molecular formula is C24H22F3N3O4.